The quantitative estimate of drug-likeness (QED) is 0.0272. The van der Waals surface area contributed by atoms with Crippen LogP contribution < -0.4 is 10.2 Å². The molecule has 0 radical (unpaired) electrons. The molecule has 418 valence electrons. The summed E-state index contributed by atoms with van der Waals surface area (Å²) in [5.41, 5.74) is 0. The molecule has 0 aromatic rings. The highest BCUT2D eigenvalue weighted by Crippen LogP contribution is 2.38. The minimum atomic E-state index is -4.62. The summed E-state index contributed by atoms with van der Waals surface area (Å²) in [6, 6.07) is -0.917. The number of carbonyl (C=O) groups excluding carboxylic acids is 1. The molecule has 0 aliphatic heterocycles. The average molecular weight is 1030 g/mol. The lowest BCUT2D eigenvalue weighted by molar-refractivity contribution is -0.870. The molecule has 1 amide bonds. The summed E-state index contributed by atoms with van der Waals surface area (Å²) in [7, 11) is 1.22. The highest BCUT2D eigenvalue weighted by atomic mass is 31.2. The summed E-state index contributed by atoms with van der Waals surface area (Å²) in [6.45, 7) is 4.52. The van der Waals surface area contributed by atoms with Crippen LogP contribution in [0.25, 0.3) is 0 Å². The molecule has 72 heavy (non-hydrogen) atoms. The van der Waals surface area contributed by atoms with E-state index in [4.69, 9.17) is 9.05 Å². The molecule has 0 fully saturated rings. The molecule has 0 spiro atoms. The number of amides is 1. The van der Waals surface area contributed by atoms with Crippen LogP contribution in [0.4, 0.5) is 0 Å². The van der Waals surface area contributed by atoms with E-state index >= 15 is 0 Å². The number of unbranched alkanes of at least 4 members (excludes halogenated alkanes) is 29. The number of nitrogens with zero attached hydrogens (tertiary/aromatic N) is 1. The van der Waals surface area contributed by atoms with E-state index in [2.05, 4.69) is 92.1 Å². The second-order valence-corrected chi connectivity index (χ2v) is 22.7. The Morgan fingerprint density at radius 1 is 0.500 bits per heavy atom. The first-order chi connectivity index (χ1) is 35.0. The van der Waals surface area contributed by atoms with Gasteiger partial charge in [0, 0.05) is 6.42 Å². The van der Waals surface area contributed by atoms with Crippen LogP contribution in [0, 0.1) is 0 Å². The lowest BCUT2D eigenvalue weighted by atomic mass is 10.0. The number of allylic oxidation sites excluding steroid dienone is 13. The fourth-order valence-electron chi connectivity index (χ4n) is 8.45. The van der Waals surface area contributed by atoms with Crippen LogP contribution in [0.5, 0.6) is 0 Å². The minimum absolute atomic E-state index is 0.0137. The molecule has 0 aromatic heterocycles. The van der Waals surface area contributed by atoms with E-state index in [1.165, 1.54) is 161 Å². The second kappa shape index (κ2) is 53.5. The van der Waals surface area contributed by atoms with E-state index in [0.717, 1.165) is 70.6 Å². The largest absolute Gasteiger partial charge is 0.756 e. The van der Waals surface area contributed by atoms with Gasteiger partial charge in [0.05, 0.1) is 39.9 Å². The molecule has 0 saturated carbocycles. The molecular formula is C63H115N2O6P. The van der Waals surface area contributed by atoms with Crippen molar-refractivity contribution in [3.05, 3.63) is 85.1 Å². The molecule has 0 aliphatic rings. The molecule has 0 bridgehead atoms. The Morgan fingerprint density at radius 3 is 1.24 bits per heavy atom. The minimum Gasteiger partial charge on any atom is -0.756 e. The molecule has 0 aliphatic carbocycles. The molecule has 8 nitrogen and oxygen atoms in total. The fraction of sp³-hybridized carbons (Fsp3) is 0.762. The van der Waals surface area contributed by atoms with Gasteiger partial charge in [-0.25, -0.2) is 0 Å². The van der Waals surface area contributed by atoms with Crippen molar-refractivity contribution >= 4 is 13.7 Å². The lowest BCUT2D eigenvalue weighted by Gasteiger charge is -2.29. The highest BCUT2D eigenvalue weighted by Gasteiger charge is 2.23. The van der Waals surface area contributed by atoms with Gasteiger partial charge in [0.2, 0.25) is 5.91 Å². The SMILES string of the molecule is CC/C=C\C/C=C\C/C=C\C/C=C\C/C=C\C/C=C\CCCCC(=O)NC(COP(=O)([O-])OCC[N+](C)(C)C)C(O)/C=C/CCCCCCCCCCCCCCCCCCCCCCCCCCCCC. The van der Waals surface area contributed by atoms with Crippen molar-refractivity contribution in [2.45, 2.75) is 270 Å². The van der Waals surface area contributed by atoms with Crippen molar-refractivity contribution in [3.63, 3.8) is 0 Å². The van der Waals surface area contributed by atoms with Gasteiger partial charge in [0.1, 0.15) is 13.2 Å². The lowest BCUT2D eigenvalue weighted by Crippen LogP contribution is -2.45. The number of aliphatic hydroxyl groups excluding tert-OH is 1. The van der Waals surface area contributed by atoms with Crippen LogP contribution in [-0.2, 0) is 18.4 Å². The predicted octanol–water partition coefficient (Wildman–Crippen LogP) is 17.8. The smallest absolute Gasteiger partial charge is 0.268 e. The first-order valence-electron chi connectivity index (χ1n) is 29.9. The number of nitrogens with one attached hydrogen (secondary N) is 1. The zero-order chi connectivity index (χ0) is 52.7. The van der Waals surface area contributed by atoms with Crippen molar-refractivity contribution in [2.75, 3.05) is 40.9 Å². The number of rotatable bonds is 54. The Labute approximate surface area is 446 Å². The van der Waals surface area contributed by atoms with Crippen molar-refractivity contribution in [1.29, 1.82) is 0 Å². The van der Waals surface area contributed by atoms with Gasteiger partial charge >= 0.3 is 0 Å². The second-order valence-electron chi connectivity index (χ2n) is 21.3. The number of likely N-dealkylation sites (N-methyl/N-ethyl adjacent to an activating group) is 1. The van der Waals surface area contributed by atoms with Gasteiger partial charge in [-0.3, -0.25) is 9.36 Å². The standard InChI is InChI=1S/C63H115N2O6P/c1-6-8-10-12-14-16-18-20-22-24-26-28-29-30-31-32-33-34-35-37-38-40-42-44-46-48-50-52-54-56-62(66)61(60-71-72(68,69)70-59-58-65(3,4)5)64-63(67)57-55-53-51-49-47-45-43-41-39-36-27-25-23-21-19-17-15-13-11-9-7-2/h9,11,15,17,21,23,27,36,41,43,47,49,54,56,61-62,66H,6-8,10,12-14,16,18-20,22,24-26,28-35,37-40,42,44-46,48,50-53,55,57-60H2,1-5H3,(H-,64,67,68,69)/b11-9-,17-15-,23-21-,36-27-,43-41-,49-47-,56-54+. The number of hydrogen-bond acceptors (Lipinski definition) is 6. The maximum atomic E-state index is 12.9. The van der Waals surface area contributed by atoms with E-state index in [1.807, 2.05) is 27.2 Å². The van der Waals surface area contributed by atoms with Crippen molar-refractivity contribution in [1.82, 2.24) is 5.32 Å². The number of carbonyl (C=O) groups is 1. The normalized spacial score (nSPS) is 14.5. The third-order valence-electron chi connectivity index (χ3n) is 13.1. The van der Waals surface area contributed by atoms with Crippen LogP contribution in [0.15, 0.2) is 85.1 Å². The average Bonchev–Trinajstić information content (AvgIpc) is 3.34. The van der Waals surface area contributed by atoms with Gasteiger partial charge in [-0.05, 0) is 70.6 Å². The first-order valence-corrected chi connectivity index (χ1v) is 31.4. The number of aliphatic hydroxyl groups is 1. The zero-order valence-corrected chi connectivity index (χ0v) is 48.5. The van der Waals surface area contributed by atoms with Crippen LogP contribution in [-0.4, -0.2) is 68.5 Å². The Balaban J connectivity index is 4.24. The summed E-state index contributed by atoms with van der Waals surface area (Å²) < 4.78 is 23.3. The van der Waals surface area contributed by atoms with Crippen LogP contribution in [0.1, 0.15) is 258 Å². The van der Waals surface area contributed by atoms with Gasteiger partial charge < -0.3 is 28.8 Å². The van der Waals surface area contributed by atoms with Gasteiger partial charge in [0.15, 0.2) is 0 Å². The van der Waals surface area contributed by atoms with E-state index < -0.39 is 26.6 Å². The van der Waals surface area contributed by atoms with Crippen molar-refractivity contribution < 1.29 is 32.9 Å². The molecule has 0 aromatic carbocycles. The maximum absolute atomic E-state index is 12.9. The number of phosphoric acid groups is 1. The van der Waals surface area contributed by atoms with Crippen LogP contribution >= 0.6 is 7.82 Å². The zero-order valence-electron chi connectivity index (χ0n) is 47.6. The summed E-state index contributed by atoms with van der Waals surface area (Å²) >= 11 is 0. The van der Waals surface area contributed by atoms with Crippen molar-refractivity contribution in [3.8, 4) is 0 Å². The summed E-state index contributed by atoms with van der Waals surface area (Å²) in [5.74, 6) is -0.240. The van der Waals surface area contributed by atoms with E-state index in [9.17, 15) is 19.4 Å². The molecule has 3 atom stereocenters. The molecule has 3 unspecified atom stereocenters. The maximum Gasteiger partial charge on any atom is 0.268 e. The first kappa shape index (κ1) is 69.7. The molecule has 0 heterocycles. The predicted molar refractivity (Wildman–Crippen MR) is 311 cm³/mol. The Morgan fingerprint density at radius 2 is 0.847 bits per heavy atom. The third-order valence-corrected chi connectivity index (χ3v) is 14.1. The van der Waals surface area contributed by atoms with Gasteiger partial charge in [-0.15, -0.1) is 0 Å². The molecule has 0 rings (SSSR count). The van der Waals surface area contributed by atoms with E-state index in [1.54, 1.807) is 6.08 Å². The summed E-state index contributed by atoms with van der Waals surface area (Å²) in [6.07, 6.45) is 75.3. The number of quaternary nitrogens is 1. The highest BCUT2D eigenvalue weighted by molar-refractivity contribution is 7.45. The van der Waals surface area contributed by atoms with Crippen LogP contribution in [0.3, 0.4) is 0 Å². The number of phosphoric ester groups is 1. The van der Waals surface area contributed by atoms with Gasteiger partial charge in [0.25, 0.3) is 7.82 Å². The number of hydrogen-bond donors (Lipinski definition) is 2. The van der Waals surface area contributed by atoms with Crippen molar-refractivity contribution in [2.24, 2.45) is 0 Å². The molecular weight excluding hydrogens is 912 g/mol. The summed E-state index contributed by atoms with van der Waals surface area (Å²) in [4.78, 5) is 25.5. The summed E-state index contributed by atoms with van der Waals surface area (Å²) in [5, 5.41) is 13.9. The Kier molecular flexibility index (Phi) is 51.8. The Hall–Kier alpha value is -2.32. The monoisotopic (exact) mass is 1030 g/mol. The van der Waals surface area contributed by atoms with Crippen LogP contribution in [0.2, 0.25) is 0 Å². The third kappa shape index (κ3) is 55.4. The molecule has 0 saturated heterocycles. The topological polar surface area (TPSA) is 108 Å². The van der Waals surface area contributed by atoms with Gasteiger partial charge in [-0.2, -0.15) is 0 Å². The molecule has 2 N–H and O–H groups in total. The molecule has 9 heteroatoms. The van der Waals surface area contributed by atoms with E-state index in [-0.39, 0.29) is 18.9 Å². The Bertz CT molecular complexity index is 1450. The fourth-order valence-corrected chi connectivity index (χ4v) is 9.17. The van der Waals surface area contributed by atoms with E-state index in [0.29, 0.717) is 17.4 Å². The van der Waals surface area contributed by atoms with Gasteiger partial charge in [-0.1, -0.05) is 266 Å².